The molecule has 1 unspecified atom stereocenters. The second-order valence-electron chi connectivity index (χ2n) is 2.76. The van der Waals surface area contributed by atoms with Crippen molar-refractivity contribution in [1.82, 2.24) is 4.98 Å². The van der Waals surface area contributed by atoms with E-state index in [-0.39, 0.29) is 18.7 Å². The summed E-state index contributed by atoms with van der Waals surface area (Å²) in [6, 6.07) is 0. The molecule has 0 saturated heterocycles. The molecule has 0 aromatic carbocycles. The van der Waals surface area contributed by atoms with Gasteiger partial charge in [-0.05, 0) is 13.3 Å². The molecule has 5 nitrogen and oxygen atoms in total. The van der Waals surface area contributed by atoms with E-state index in [2.05, 4.69) is 4.98 Å². The van der Waals surface area contributed by atoms with Crippen LogP contribution < -0.4 is 0 Å². The number of aromatic nitrogens is 1. The number of hydrogen-bond donors (Lipinski definition) is 2. The maximum absolute atomic E-state index is 10.2. The molecule has 0 aliphatic heterocycles. The summed E-state index contributed by atoms with van der Waals surface area (Å²) < 4.78 is 5.02. The number of aryl methyl sites for hydroxylation is 1. The fourth-order valence-corrected chi connectivity index (χ4v) is 0.910. The number of nitrogens with zero attached hydrogens (tertiary/aromatic N) is 1. The zero-order chi connectivity index (χ0) is 9.84. The van der Waals surface area contributed by atoms with Crippen LogP contribution in [0, 0.1) is 6.92 Å². The van der Waals surface area contributed by atoms with Gasteiger partial charge in [-0.1, -0.05) is 0 Å². The van der Waals surface area contributed by atoms with E-state index in [0.717, 1.165) is 0 Å². The monoisotopic (exact) mass is 185 g/mol. The van der Waals surface area contributed by atoms with Gasteiger partial charge in [-0.25, -0.2) is 4.98 Å². The van der Waals surface area contributed by atoms with Gasteiger partial charge < -0.3 is 14.6 Å². The SMILES string of the molecule is Cc1cnc(C(O)CCC(=O)O)o1. The van der Waals surface area contributed by atoms with Crippen LogP contribution in [0.5, 0.6) is 0 Å². The Bertz CT molecular complexity index is 294. The van der Waals surface area contributed by atoms with Crippen LogP contribution in [0.3, 0.4) is 0 Å². The van der Waals surface area contributed by atoms with Crippen LogP contribution in [0.15, 0.2) is 10.6 Å². The molecule has 0 radical (unpaired) electrons. The Labute approximate surface area is 75.0 Å². The first-order chi connectivity index (χ1) is 6.09. The molecular formula is C8H11NO4. The van der Waals surface area contributed by atoms with Gasteiger partial charge in [-0.15, -0.1) is 0 Å². The van der Waals surface area contributed by atoms with Crippen LogP contribution in [0.2, 0.25) is 0 Å². The molecule has 1 rings (SSSR count). The van der Waals surface area contributed by atoms with Crippen molar-refractivity contribution >= 4 is 5.97 Å². The standard InChI is InChI=1S/C8H11NO4/c1-5-4-9-8(13-5)6(10)2-3-7(11)12/h4,6,10H,2-3H2,1H3,(H,11,12). The fourth-order valence-electron chi connectivity index (χ4n) is 0.910. The number of aliphatic hydroxyl groups is 1. The van der Waals surface area contributed by atoms with Gasteiger partial charge in [0.2, 0.25) is 5.89 Å². The Morgan fingerprint density at radius 1 is 1.77 bits per heavy atom. The van der Waals surface area contributed by atoms with Crippen molar-refractivity contribution in [3.8, 4) is 0 Å². The summed E-state index contributed by atoms with van der Waals surface area (Å²) in [7, 11) is 0. The average Bonchev–Trinajstić information content (AvgIpc) is 2.47. The van der Waals surface area contributed by atoms with E-state index in [0.29, 0.717) is 5.76 Å². The van der Waals surface area contributed by atoms with Gasteiger partial charge in [0.25, 0.3) is 0 Å². The Morgan fingerprint density at radius 3 is 2.92 bits per heavy atom. The summed E-state index contributed by atoms with van der Waals surface area (Å²) >= 11 is 0. The summed E-state index contributed by atoms with van der Waals surface area (Å²) in [5, 5.41) is 17.7. The zero-order valence-electron chi connectivity index (χ0n) is 7.23. The molecule has 2 N–H and O–H groups in total. The Kier molecular flexibility index (Phi) is 3.02. The first kappa shape index (κ1) is 9.73. The molecule has 0 bridgehead atoms. The summed E-state index contributed by atoms with van der Waals surface area (Å²) in [6.45, 7) is 1.71. The van der Waals surface area contributed by atoms with Gasteiger partial charge in [0, 0.05) is 6.42 Å². The predicted molar refractivity (Wildman–Crippen MR) is 43.1 cm³/mol. The lowest BCUT2D eigenvalue weighted by Crippen LogP contribution is -2.02. The van der Waals surface area contributed by atoms with E-state index in [1.54, 1.807) is 6.92 Å². The first-order valence-electron chi connectivity index (χ1n) is 3.92. The molecule has 1 heterocycles. The first-order valence-corrected chi connectivity index (χ1v) is 3.92. The van der Waals surface area contributed by atoms with Crippen molar-refractivity contribution in [2.75, 3.05) is 0 Å². The highest BCUT2D eigenvalue weighted by Crippen LogP contribution is 2.17. The molecule has 0 spiro atoms. The number of aliphatic carboxylic acids is 1. The number of rotatable bonds is 4. The zero-order valence-corrected chi connectivity index (χ0v) is 7.23. The summed E-state index contributed by atoms with van der Waals surface area (Å²) in [5.41, 5.74) is 0. The minimum atomic E-state index is -0.942. The Hall–Kier alpha value is -1.36. The molecule has 0 aliphatic carbocycles. The second kappa shape index (κ2) is 4.04. The third kappa shape index (κ3) is 2.87. The van der Waals surface area contributed by atoms with E-state index in [4.69, 9.17) is 9.52 Å². The Morgan fingerprint density at radius 2 is 2.46 bits per heavy atom. The molecule has 5 heteroatoms. The third-order valence-corrected chi connectivity index (χ3v) is 1.56. The summed E-state index contributed by atoms with van der Waals surface area (Å²) in [4.78, 5) is 14.0. The highest BCUT2D eigenvalue weighted by atomic mass is 16.4. The smallest absolute Gasteiger partial charge is 0.303 e. The number of carbonyl (C=O) groups is 1. The van der Waals surface area contributed by atoms with Gasteiger partial charge in [0.15, 0.2) is 0 Å². The maximum Gasteiger partial charge on any atom is 0.303 e. The third-order valence-electron chi connectivity index (χ3n) is 1.56. The van der Waals surface area contributed by atoms with Gasteiger partial charge >= 0.3 is 5.97 Å². The topological polar surface area (TPSA) is 83.6 Å². The van der Waals surface area contributed by atoms with Crippen molar-refractivity contribution in [1.29, 1.82) is 0 Å². The van der Waals surface area contributed by atoms with Crippen LogP contribution in [0.1, 0.15) is 30.6 Å². The van der Waals surface area contributed by atoms with Gasteiger partial charge in [-0.2, -0.15) is 0 Å². The van der Waals surface area contributed by atoms with E-state index in [9.17, 15) is 9.90 Å². The largest absolute Gasteiger partial charge is 0.481 e. The average molecular weight is 185 g/mol. The van der Waals surface area contributed by atoms with Crippen LogP contribution in [-0.4, -0.2) is 21.2 Å². The molecule has 0 amide bonds. The quantitative estimate of drug-likeness (QED) is 0.727. The lowest BCUT2D eigenvalue weighted by atomic mass is 10.2. The molecule has 0 aliphatic rings. The van der Waals surface area contributed by atoms with Gasteiger partial charge in [0.05, 0.1) is 6.20 Å². The molecule has 1 atom stereocenters. The van der Waals surface area contributed by atoms with E-state index in [1.165, 1.54) is 6.20 Å². The molecule has 1 aromatic rings. The van der Waals surface area contributed by atoms with Crippen LogP contribution in [0.4, 0.5) is 0 Å². The molecular weight excluding hydrogens is 174 g/mol. The second-order valence-corrected chi connectivity index (χ2v) is 2.76. The molecule has 0 saturated carbocycles. The molecule has 13 heavy (non-hydrogen) atoms. The fraction of sp³-hybridized carbons (Fsp3) is 0.500. The van der Waals surface area contributed by atoms with Crippen molar-refractivity contribution < 1.29 is 19.4 Å². The Balaban J connectivity index is 2.48. The van der Waals surface area contributed by atoms with Crippen molar-refractivity contribution in [3.63, 3.8) is 0 Å². The van der Waals surface area contributed by atoms with Crippen molar-refractivity contribution in [2.45, 2.75) is 25.9 Å². The van der Waals surface area contributed by atoms with Crippen LogP contribution in [0.25, 0.3) is 0 Å². The van der Waals surface area contributed by atoms with Gasteiger partial charge in [0.1, 0.15) is 11.9 Å². The number of carboxylic acids is 1. The van der Waals surface area contributed by atoms with E-state index in [1.807, 2.05) is 0 Å². The van der Waals surface area contributed by atoms with E-state index >= 15 is 0 Å². The van der Waals surface area contributed by atoms with Crippen molar-refractivity contribution in [2.24, 2.45) is 0 Å². The van der Waals surface area contributed by atoms with E-state index < -0.39 is 12.1 Å². The number of carboxylic acid groups (broad SMARTS) is 1. The summed E-state index contributed by atoms with van der Waals surface area (Å²) in [6.07, 6.45) is 0.585. The minimum Gasteiger partial charge on any atom is -0.481 e. The minimum absolute atomic E-state index is 0.0946. The van der Waals surface area contributed by atoms with Crippen molar-refractivity contribution in [3.05, 3.63) is 17.8 Å². The number of hydrogen-bond acceptors (Lipinski definition) is 4. The maximum atomic E-state index is 10.2. The summed E-state index contributed by atoms with van der Waals surface area (Å²) in [5.74, 6) is -0.162. The molecule has 0 fully saturated rings. The van der Waals surface area contributed by atoms with Crippen LogP contribution in [-0.2, 0) is 4.79 Å². The molecule has 1 aromatic heterocycles. The number of oxazole rings is 1. The lowest BCUT2D eigenvalue weighted by Gasteiger charge is -2.02. The highest BCUT2D eigenvalue weighted by Gasteiger charge is 2.14. The lowest BCUT2D eigenvalue weighted by molar-refractivity contribution is -0.137. The van der Waals surface area contributed by atoms with Crippen LogP contribution >= 0.6 is 0 Å². The number of aliphatic hydroxyl groups excluding tert-OH is 1. The predicted octanol–water partition coefficient (Wildman–Crippen LogP) is 0.881. The molecule has 72 valence electrons. The normalized spacial score (nSPS) is 12.8. The van der Waals surface area contributed by atoms with Gasteiger partial charge in [-0.3, -0.25) is 4.79 Å². The highest BCUT2D eigenvalue weighted by molar-refractivity contribution is 5.66.